The van der Waals surface area contributed by atoms with Gasteiger partial charge in [-0.25, -0.2) is 4.79 Å². The lowest BCUT2D eigenvalue weighted by atomic mass is 10.1. The van der Waals surface area contributed by atoms with E-state index in [1.54, 1.807) is 18.2 Å². The van der Waals surface area contributed by atoms with Crippen LogP contribution in [0.2, 0.25) is 0 Å². The van der Waals surface area contributed by atoms with E-state index >= 15 is 0 Å². The van der Waals surface area contributed by atoms with Crippen molar-refractivity contribution in [3.05, 3.63) is 40.0 Å². The van der Waals surface area contributed by atoms with E-state index in [9.17, 15) is 19.7 Å². The molecular weight excluding hydrogens is 390 g/mol. The molecule has 156 valence electrons. The van der Waals surface area contributed by atoms with Gasteiger partial charge in [-0.3, -0.25) is 4.79 Å². The van der Waals surface area contributed by atoms with Crippen molar-refractivity contribution in [2.45, 2.75) is 31.3 Å². The number of benzene rings is 1. The summed E-state index contributed by atoms with van der Waals surface area (Å²) in [6.07, 6.45) is -0.117. The molecule has 29 heavy (non-hydrogen) atoms. The number of ether oxygens (including phenoxy) is 5. The second kappa shape index (κ2) is 8.88. The van der Waals surface area contributed by atoms with Crippen LogP contribution in [0.3, 0.4) is 0 Å². The van der Waals surface area contributed by atoms with Crippen LogP contribution in [-0.2, 0) is 28.6 Å². The molecule has 1 aromatic carbocycles. The Morgan fingerprint density at radius 2 is 1.86 bits per heavy atom. The van der Waals surface area contributed by atoms with E-state index in [1.165, 1.54) is 26.2 Å². The number of carbonyl (C=O) groups is 2. The van der Waals surface area contributed by atoms with E-state index < -0.39 is 41.4 Å². The molecule has 0 N–H and O–H groups in total. The van der Waals surface area contributed by atoms with Crippen molar-refractivity contribution in [3.63, 3.8) is 0 Å². The summed E-state index contributed by atoms with van der Waals surface area (Å²) < 4.78 is 26.4. The summed E-state index contributed by atoms with van der Waals surface area (Å²) in [5.41, 5.74) is 0.617. The van der Waals surface area contributed by atoms with Crippen molar-refractivity contribution >= 4 is 18.0 Å². The van der Waals surface area contributed by atoms with Gasteiger partial charge in [0.1, 0.15) is 12.2 Å². The molecule has 0 radical (unpaired) electrons. The third-order valence-electron chi connectivity index (χ3n) is 4.30. The van der Waals surface area contributed by atoms with Gasteiger partial charge in [0, 0.05) is 13.0 Å². The number of methoxy groups -OCH3 is 1. The van der Waals surface area contributed by atoms with E-state index in [0.717, 1.165) is 0 Å². The summed E-state index contributed by atoms with van der Waals surface area (Å²) in [6.45, 7) is 1.31. The average Bonchev–Trinajstić information content (AvgIpc) is 3.23. The lowest BCUT2D eigenvalue weighted by Gasteiger charge is -2.15. The van der Waals surface area contributed by atoms with Gasteiger partial charge < -0.3 is 28.5 Å². The second-order valence-corrected chi connectivity index (χ2v) is 6.28. The largest absolute Gasteiger partial charge is 0.493 e. The zero-order valence-electron chi connectivity index (χ0n) is 15.6. The highest BCUT2D eigenvalue weighted by Gasteiger charge is 2.51. The fourth-order valence-corrected chi connectivity index (χ4v) is 3.11. The first-order chi connectivity index (χ1) is 13.9. The van der Waals surface area contributed by atoms with Crippen LogP contribution in [0, 0.1) is 10.1 Å². The molecule has 4 atom stereocenters. The molecule has 0 aliphatic carbocycles. The molecule has 0 saturated carbocycles. The summed E-state index contributed by atoms with van der Waals surface area (Å²) in [5, 5.41) is 9.59. The number of esters is 2. The van der Waals surface area contributed by atoms with Crippen LogP contribution in [-0.4, -0.2) is 61.8 Å². The Morgan fingerprint density at radius 3 is 2.52 bits per heavy atom. The van der Waals surface area contributed by atoms with Crippen molar-refractivity contribution in [1.82, 2.24) is 0 Å². The number of nitrogens with zero attached hydrogens (tertiary/aromatic N) is 1. The number of carbonyl (C=O) groups excluding carboxylic acids is 2. The Balaban J connectivity index is 1.58. The van der Waals surface area contributed by atoms with E-state index in [-0.39, 0.29) is 19.0 Å². The van der Waals surface area contributed by atoms with Crippen LogP contribution in [0.5, 0.6) is 11.5 Å². The zero-order valence-corrected chi connectivity index (χ0v) is 15.6. The maximum atomic E-state index is 12.1. The number of hydrogen-bond acceptors (Lipinski definition) is 10. The minimum absolute atomic E-state index is 0.0192. The molecule has 2 aliphatic rings. The quantitative estimate of drug-likeness (QED) is 0.210. The Hall–Kier alpha value is -3.18. The third kappa shape index (κ3) is 5.00. The van der Waals surface area contributed by atoms with Gasteiger partial charge in [0.25, 0.3) is 5.09 Å². The lowest BCUT2D eigenvalue weighted by Crippen LogP contribution is -2.35. The molecule has 2 aliphatic heterocycles. The summed E-state index contributed by atoms with van der Waals surface area (Å²) in [6, 6.07) is 4.78. The number of hydrogen-bond donors (Lipinski definition) is 0. The third-order valence-corrected chi connectivity index (χ3v) is 4.30. The molecule has 0 unspecified atom stereocenters. The first kappa shape index (κ1) is 20.6. The Bertz CT molecular complexity index is 823. The van der Waals surface area contributed by atoms with Crippen molar-refractivity contribution < 1.29 is 43.2 Å². The molecule has 0 spiro atoms. The van der Waals surface area contributed by atoms with Crippen molar-refractivity contribution in [3.8, 4) is 11.5 Å². The first-order valence-electron chi connectivity index (χ1n) is 8.67. The topological polar surface area (TPSA) is 133 Å². The highest BCUT2D eigenvalue weighted by Crippen LogP contribution is 2.31. The van der Waals surface area contributed by atoms with Crippen LogP contribution in [0.4, 0.5) is 0 Å². The molecule has 0 amide bonds. The average molecular weight is 409 g/mol. The van der Waals surface area contributed by atoms with E-state index in [2.05, 4.69) is 4.84 Å². The first-order valence-corrected chi connectivity index (χ1v) is 8.67. The van der Waals surface area contributed by atoms with Crippen LogP contribution >= 0.6 is 0 Å². The summed E-state index contributed by atoms with van der Waals surface area (Å²) in [4.78, 5) is 38.2. The van der Waals surface area contributed by atoms with Crippen LogP contribution < -0.4 is 9.47 Å². The molecule has 0 aromatic heterocycles. The van der Waals surface area contributed by atoms with Crippen LogP contribution in [0.25, 0.3) is 6.08 Å². The van der Waals surface area contributed by atoms with E-state index in [1.807, 2.05) is 0 Å². The highest BCUT2D eigenvalue weighted by molar-refractivity contribution is 5.87. The minimum atomic E-state index is -0.900. The van der Waals surface area contributed by atoms with Crippen molar-refractivity contribution in [1.29, 1.82) is 0 Å². The SMILES string of the molecule is COc1cc(/C=C/C(=O)O[C@@H]2CO[C@H]3[C@@H]2OC[C@@H]3O[N+](=O)[O-])ccc1OC(C)=O. The monoisotopic (exact) mass is 409 g/mol. The summed E-state index contributed by atoms with van der Waals surface area (Å²) in [5.74, 6) is -0.519. The van der Waals surface area contributed by atoms with Crippen molar-refractivity contribution in [2.75, 3.05) is 20.3 Å². The summed E-state index contributed by atoms with van der Waals surface area (Å²) >= 11 is 0. The molecule has 11 nitrogen and oxygen atoms in total. The minimum Gasteiger partial charge on any atom is -0.493 e. The Labute approximate surface area is 165 Å². The second-order valence-electron chi connectivity index (χ2n) is 6.28. The van der Waals surface area contributed by atoms with Gasteiger partial charge in [-0.15, -0.1) is 10.1 Å². The lowest BCUT2D eigenvalue weighted by molar-refractivity contribution is -0.769. The standard InChI is InChI=1S/C18H19NO10/c1-10(20)27-12-5-3-11(7-13(12)24-2)4-6-16(21)28-14-8-25-18-15(29-19(22)23)9-26-17(14)18/h3-7,14-15,17-18H,8-9H2,1-2H3/b6-4+/t14-,15+,17-,18-/m1/s1. The molecule has 11 heteroatoms. The predicted octanol–water partition coefficient (Wildman–Crippen LogP) is 0.920. The highest BCUT2D eigenvalue weighted by atomic mass is 17.0. The number of fused-ring (bicyclic) bond motifs is 1. The fourth-order valence-electron chi connectivity index (χ4n) is 3.11. The van der Waals surface area contributed by atoms with E-state index in [0.29, 0.717) is 11.3 Å². The molecule has 3 rings (SSSR count). The number of rotatable bonds is 7. The van der Waals surface area contributed by atoms with Gasteiger partial charge in [0.2, 0.25) is 0 Å². The van der Waals surface area contributed by atoms with Crippen LogP contribution in [0.15, 0.2) is 24.3 Å². The predicted molar refractivity (Wildman–Crippen MR) is 94.6 cm³/mol. The maximum Gasteiger partial charge on any atom is 0.331 e. The van der Waals surface area contributed by atoms with Crippen molar-refractivity contribution in [2.24, 2.45) is 0 Å². The normalized spacial score (nSPS) is 25.4. The molecule has 2 fully saturated rings. The summed E-state index contributed by atoms with van der Waals surface area (Å²) in [7, 11) is 1.43. The van der Waals surface area contributed by atoms with Gasteiger partial charge in [0.15, 0.2) is 23.7 Å². The molecular formula is C18H19NO10. The smallest absolute Gasteiger partial charge is 0.331 e. The zero-order chi connectivity index (χ0) is 21.0. The molecule has 0 bridgehead atoms. The maximum absolute atomic E-state index is 12.1. The van der Waals surface area contributed by atoms with Gasteiger partial charge in [-0.05, 0) is 23.8 Å². The molecule has 2 heterocycles. The van der Waals surface area contributed by atoms with E-state index in [4.69, 9.17) is 23.7 Å². The van der Waals surface area contributed by atoms with Gasteiger partial charge in [-0.1, -0.05) is 6.07 Å². The Kier molecular flexibility index (Phi) is 6.29. The Morgan fingerprint density at radius 1 is 1.17 bits per heavy atom. The van der Waals surface area contributed by atoms with Gasteiger partial charge in [-0.2, -0.15) is 0 Å². The molecule has 2 saturated heterocycles. The fraction of sp³-hybridized carbons (Fsp3) is 0.444. The van der Waals surface area contributed by atoms with Gasteiger partial charge >= 0.3 is 11.9 Å². The van der Waals surface area contributed by atoms with Crippen LogP contribution in [0.1, 0.15) is 12.5 Å². The molecule has 1 aromatic rings. The van der Waals surface area contributed by atoms with Gasteiger partial charge in [0.05, 0.1) is 20.3 Å².